The van der Waals surface area contributed by atoms with E-state index in [9.17, 15) is 0 Å². The van der Waals surface area contributed by atoms with E-state index in [1.54, 1.807) is 7.16 Å². The van der Waals surface area contributed by atoms with Crippen molar-refractivity contribution in [3.63, 3.8) is 0 Å². The van der Waals surface area contributed by atoms with Gasteiger partial charge in [-0.1, -0.05) is 0 Å². The van der Waals surface area contributed by atoms with Crippen molar-refractivity contribution in [1.82, 2.24) is 0 Å². The van der Waals surface area contributed by atoms with Gasteiger partial charge < -0.3 is 0 Å². The standard InChI is InChI=1S/C22H12Cl2.4CH3.2Sn/c23-21-14-12-19(13-15-21)9-8-17-4-6-18(7-5-17)10-11-20-2-1-3-22(24)16-20;;;;;;/h1,3-4,7-12,14-16H;4*1H3;;. The van der Waals surface area contributed by atoms with Gasteiger partial charge in [-0.15, -0.1) is 0 Å². The maximum absolute atomic E-state index is 6.42. The average molecular weight is 645 g/mol. The number of hydrogen-bond donors (Lipinski definition) is 0. The molecule has 3 aromatic carbocycles. The Kier molecular flexibility index (Phi) is 5.25. The molecule has 0 amide bonds. The summed E-state index contributed by atoms with van der Waals surface area (Å²) in [6.45, 7) is 0. The van der Waals surface area contributed by atoms with Gasteiger partial charge in [0.15, 0.2) is 0 Å². The fourth-order valence-corrected chi connectivity index (χ4v) is 23.3. The van der Waals surface area contributed by atoms with Crippen molar-refractivity contribution < 1.29 is 0 Å². The summed E-state index contributed by atoms with van der Waals surface area (Å²) in [5.41, 5.74) is 5.46. The first-order valence-corrected chi connectivity index (χ1v) is 28.2. The zero-order valence-corrected chi connectivity index (χ0v) is 24.9. The van der Waals surface area contributed by atoms with E-state index in [-0.39, 0.29) is 0 Å². The van der Waals surface area contributed by atoms with Crippen molar-refractivity contribution in [1.29, 1.82) is 0 Å². The Bertz CT molecular complexity index is 1270. The van der Waals surface area contributed by atoms with Gasteiger partial charge in [-0.05, 0) is 0 Å². The summed E-state index contributed by atoms with van der Waals surface area (Å²) in [6.07, 6.45) is 9.24. The van der Waals surface area contributed by atoms with E-state index in [2.05, 4.69) is 86.5 Å². The third-order valence-corrected chi connectivity index (χ3v) is 27.7. The van der Waals surface area contributed by atoms with Gasteiger partial charge in [0.2, 0.25) is 0 Å². The predicted molar refractivity (Wildman–Crippen MR) is 141 cm³/mol. The molecule has 0 spiro atoms. The number of fused-ring (bicyclic) bond motifs is 4. The van der Waals surface area contributed by atoms with Crippen LogP contribution in [0.4, 0.5) is 0 Å². The number of rotatable bonds is 0. The van der Waals surface area contributed by atoms with Crippen LogP contribution in [0, 0.1) is 0 Å². The van der Waals surface area contributed by atoms with E-state index < -0.39 is 36.8 Å². The Morgan fingerprint density at radius 1 is 0.467 bits per heavy atom. The van der Waals surface area contributed by atoms with Gasteiger partial charge in [0.25, 0.3) is 0 Å². The molecule has 3 aromatic rings. The second kappa shape index (κ2) is 7.43. The zero-order chi connectivity index (χ0) is 21.3. The summed E-state index contributed by atoms with van der Waals surface area (Å²) < 4.78 is 6.16. The Morgan fingerprint density at radius 3 is 1.53 bits per heavy atom. The second-order valence-corrected chi connectivity index (χ2v) is 35.0. The van der Waals surface area contributed by atoms with Crippen LogP contribution in [-0.2, 0) is 0 Å². The monoisotopic (exact) mass is 646 g/mol. The molecule has 150 valence electrons. The number of benzene rings is 3. The van der Waals surface area contributed by atoms with Crippen molar-refractivity contribution in [2.45, 2.75) is 19.8 Å². The number of hydrogen-bond acceptors (Lipinski definition) is 0. The normalized spacial score (nSPS) is 17.3. The Morgan fingerprint density at radius 2 is 0.900 bits per heavy atom. The molecule has 4 heteroatoms. The van der Waals surface area contributed by atoms with Crippen LogP contribution in [0.1, 0.15) is 22.3 Å². The molecular formula is C26H24Cl2Sn2. The molecule has 0 N–H and O–H groups in total. The van der Waals surface area contributed by atoms with E-state index in [4.69, 9.17) is 23.2 Å². The molecule has 0 radical (unpaired) electrons. The first-order valence-electron chi connectivity index (χ1n) is 10.3. The van der Waals surface area contributed by atoms with Crippen LogP contribution in [-0.4, -0.2) is 36.8 Å². The molecule has 0 fully saturated rings. The van der Waals surface area contributed by atoms with E-state index in [1.807, 2.05) is 6.07 Å². The quantitative estimate of drug-likeness (QED) is 0.280. The SMILES string of the molecule is [CH3][Sn]1([CH3])[c]2ccc(Cl)cc2C=Cc2c[c]3c(c[c]21)C=Cc1ccc(Cl)c[c]1[Sn]3([CH3])[CH3]. The molecule has 30 heavy (non-hydrogen) atoms. The van der Waals surface area contributed by atoms with Crippen LogP contribution in [0.3, 0.4) is 0 Å². The second-order valence-electron chi connectivity index (χ2n) is 9.41. The Balaban J connectivity index is 1.78. The first-order chi connectivity index (χ1) is 14.2. The molecule has 0 atom stereocenters. The molecule has 2 aliphatic heterocycles. The summed E-state index contributed by atoms with van der Waals surface area (Å²) in [6, 6.07) is 17.9. The van der Waals surface area contributed by atoms with Crippen molar-refractivity contribution in [2.75, 3.05) is 0 Å². The van der Waals surface area contributed by atoms with Crippen LogP contribution in [0.15, 0.2) is 48.5 Å². The molecule has 2 heterocycles. The molecule has 0 saturated carbocycles. The maximum atomic E-state index is 6.42. The van der Waals surface area contributed by atoms with Crippen molar-refractivity contribution in [2.24, 2.45) is 0 Å². The summed E-state index contributed by atoms with van der Waals surface area (Å²) in [4.78, 5) is 10.1. The molecule has 0 aromatic heterocycles. The Labute approximate surface area is 197 Å². The van der Waals surface area contributed by atoms with E-state index in [0.29, 0.717) is 0 Å². The first kappa shape index (κ1) is 21.2. The molecule has 0 aliphatic carbocycles. The van der Waals surface area contributed by atoms with Crippen LogP contribution in [0.2, 0.25) is 29.8 Å². The molecule has 2 aliphatic rings. The molecule has 0 bridgehead atoms. The molecular weight excluding hydrogens is 621 g/mol. The van der Waals surface area contributed by atoms with Crippen LogP contribution in [0.5, 0.6) is 0 Å². The van der Waals surface area contributed by atoms with Gasteiger partial charge in [-0.25, -0.2) is 0 Å². The number of halogens is 2. The summed E-state index contributed by atoms with van der Waals surface area (Å²) >= 11 is 7.17. The van der Waals surface area contributed by atoms with Crippen LogP contribution >= 0.6 is 23.2 Å². The van der Waals surface area contributed by atoms with Crippen LogP contribution < -0.4 is 14.3 Å². The van der Waals surface area contributed by atoms with Crippen molar-refractivity contribution in [3.8, 4) is 0 Å². The van der Waals surface area contributed by atoms with Crippen molar-refractivity contribution >= 4 is 98.6 Å². The fourth-order valence-electron chi connectivity index (χ4n) is 5.10. The minimum absolute atomic E-state index is 0.816. The minimum atomic E-state index is -2.81. The molecule has 0 saturated heterocycles. The van der Waals surface area contributed by atoms with Gasteiger partial charge >= 0.3 is 199 Å². The molecule has 0 nitrogen and oxygen atoms in total. The fraction of sp³-hybridized carbons (Fsp3) is 0.154. The third kappa shape index (κ3) is 3.34. The summed E-state index contributed by atoms with van der Waals surface area (Å²) in [5, 5.41) is 1.66. The van der Waals surface area contributed by atoms with Gasteiger partial charge in [0.1, 0.15) is 0 Å². The average Bonchev–Trinajstić information content (AvgIpc) is 2.87. The van der Waals surface area contributed by atoms with Crippen LogP contribution in [0.25, 0.3) is 24.3 Å². The third-order valence-electron chi connectivity index (χ3n) is 6.83. The zero-order valence-electron chi connectivity index (χ0n) is 17.7. The van der Waals surface area contributed by atoms with Gasteiger partial charge in [0, 0.05) is 0 Å². The van der Waals surface area contributed by atoms with Crippen molar-refractivity contribution in [3.05, 3.63) is 80.8 Å². The molecule has 5 rings (SSSR count). The molecule has 0 unspecified atom stereocenters. The summed E-state index contributed by atoms with van der Waals surface area (Å²) in [7, 11) is 0. The van der Waals surface area contributed by atoms with Gasteiger partial charge in [0.05, 0.1) is 0 Å². The van der Waals surface area contributed by atoms with E-state index >= 15 is 0 Å². The summed E-state index contributed by atoms with van der Waals surface area (Å²) in [5.74, 6) is 0. The van der Waals surface area contributed by atoms with Gasteiger partial charge in [-0.2, -0.15) is 0 Å². The van der Waals surface area contributed by atoms with Gasteiger partial charge in [-0.3, -0.25) is 0 Å². The van der Waals surface area contributed by atoms with E-state index in [1.165, 1.54) is 29.4 Å². The Hall–Kier alpha value is -0.683. The van der Waals surface area contributed by atoms with E-state index in [0.717, 1.165) is 10.0 Å². The predicted octanol–water partition coefficient (Wildman–Crippen LogP) is 5.61. The topological polar surface area (TPSA) is 0 Å².